The Labute approximate surface area is 611 Å². The molecule has 598 valence electrons. The van der Waals surface area contributed by atoms with Gasteiger partial charge in [-0.05, 0) is 25.7 Å². The first kappa shape index (κ1) is 93.6. The number of aliphatic hydroxyl groups is 10. The number of allylic oxidation sites excluding steroid dienone is 3. The molecule has 2 saturated heterocycles. The molecule has 24 nitrogen and oxygen atoms in total. The van der Waals surface area contributed by atoms with E-state index in [9.17, 15) is 74.9 Å². The zero-order chi connectivity index (χ0) is 74.6. The first-order valence-electron chi connectivity index (χ1n) is 40.2. The van der Waals surface area contributed by atoms with Crippen LogP contribution in [0.5, 0.6) is 0 Å². The summed E-state index contributed by atoms with van der Waals surface area (Å²) in [4.78, 5) is 51.0. The monoisotopic (exact) mass is 1480 g/mol. The Morgan fingerprint density at radius 2 is 0.755 bits per heavy atom. The number of unbranched alkanes of at least 4 members (excludes halogenated alkanes) is 41. The van der Waals surface area contributed by atoms with Crippen LogP contribution in [0.3, 0.4) is 0 Å². The van der Waals surface area contributed by atoms with E-state index in [-0.39, 0.29) is 12.8 Å². The summed E-state index contributed by atoms with van der Waals surface area (Å²) in [6, 6.07) is 0. The Balaban J connectivity index is 1.72. The number of esters is 3. The highest BCUT2D eigenvalue weighted by molar-refractivity contribution is 7.47. The number of phosphoric acid groups is 1. The van der Waals surface area contributed by atoms with Gasteiger partial charge in [0.1, 0.15) is 98.7 Å². The van der Waals surface area contributed by atoms with Crippen LogP contribution in [0, 0.1) is 0 Å². The van der Waals surface area contributed by atoms with Gasteiger partial charge in [0.15, 0.2) is 18.7 Å². The first-order chi connectivity index (χ1) is 49.3. The lowest BCUT2D eigenvalue weighted by Gasteiger charge is -2.49. The van der Waals surface area contributed by atoms with Crippen molar-refractivity contribution in [3.05, 3.63) is 24.3 Å². The zero-order valence-electron chi connectivity index (χ0n) is 62.7. The fourth-order valence-electron chi connectivity index (χ4n) is 13.3. The van der Waals surface area contributed by atoms with Crippen molar-refractivity contribution >= 4 is 25.7 Å². The largest absolute Gasteiger partial charge is 0.472 e. The molecule has 0 radical (unpaired) electrons. The van der Waals surface area contributed by atoms with E-state index in [1.807, 2.05) is 6.08 Å². The maximum absolute atomic E-state index is 14.4. The summed E-state index contributed by atoms with van der Waals surface area (Å²) < 4.78 is 65.0. The number of rotatable bonds is 63. The van der Waals surface area contributed by atoms with Crippen LogP contribution in [0.2, 0.25) is 0 Å². The molecule has 1 aliphatic carbocycles. The van der Waals surface area contributed by atoms with Crippen molar-refractivity contribution in [3.8, 4) is 0 Å². The highest BCUT2D eigenvalue weighted by Gasteiger charge is 2.58. The molecule has 3 aliphatic rings. The van der Waals surface area contributed by atoms with E-state index in [1.165, 1.54) is 186 Å². The second-order valence-electron chi connectivity index (χ2n) is 28.9. The predicted molar refractivity (Wildman–Crippen MR) is 388 cm³/mol. The average Bonchev–Trinajstić information content (AvgIpc) is 0.762. The van der Waals surface area contributed by atoms with Crippen molar-refractivity contribution in [2.45, 2.75) is 420 Å². The van der Waals surface area contributed by atoms with Crippen molar-refractivity contribution in [1.29, 1.82) is 0 Å². The molecule has 0 amide bonds. The van der Waals surface area contributed by atoms with Crippen LogP contribution in [-0.2, 0) is 61.2 Å². The van der Waals surface area contributed by atoms with E-state index in [4.69, 9.17) is 42.2 Å². The normalized spacial score (nSPS) is 27.1. The molecule has 3 fully saturated rings. The van der Waals surface area contributed by atoms with Gasteiger partial charge in [-0.1, -0.05) is 296 Å². The highest BCUT2D eigenvalue weighted by atomic mass is 31.2. The van der Waals surface area contributed by atoms with Crippen molar-refractivity contribution < 1.29 is 117 Å². The predicted octanol–water partition coefficient (Wildman–Crippen LogP) is 12.1. The Morgan fingerprint density at radius 1 is 0.402 bits per heavy atom. The minimum Gasteiger partial charge on any atom is -0.463 e. The van der Waals surface area contributed by atoms with Crippen molar-refractivity contribution in [2.24, 2.45) is 0 Å². The number of aliphatic hydroxyl groups excluding tert-OH is 10. The summed E-state index contributed by atoms with van der Waals surface area (Å²) in [6.45, 7) is 3.38. The number of hydrogen-bond donors (Lipinski definition) is 11. The highest BCUT2D eigenvalue weighted by Crippen LogP contribution is 2.49. The van der Waals surface area contributed by atoms with Crippen molar-refractivity contribution in [3.63, 3.8) is 0 Å². The lowest BCUT2D eigenvalue weighted by atomic mass is 9.84. The zero-order valence-corrected chi connectivity index (χ0v) is 63.5. The first-order valence-corrected chi connectivity index (χ1v) is 41.7. The van der Waals surface area contributed by atoms with Gasteiger partial charge < -0.3 is 89.1 Å². The van der Waals surface area contributed by atoms with E-state index in [2.05, 4.69) is 20.8 Å². The SMILES string of the molecule is CCCCCCCCCCCCC/C=C/C=C/C(=O)OCC(COP(=O)(O)OC1C(OC2OC(CO)C(O)C(O)C2O)C(O)C(O)C(O)C1OC1OC(COC(=O)CCCCCCCCCCCCCCCCC)C(O)C(O)C1O)OC(=O)CCCCCCCCCCCCCCCCCCC. The molecular weight excluding hydrogens is 1340 g/mol. The van der Waals surface area contributed by atoms with Gasteiger partial charge in [0.2, 0.25) is 0 Å². The van der Waals surface area contributed by atoms with Gasteiger partial charge in [0, 0.05) is 18.9 Å². The maximum atomic E-state index is 14.4. The molecule has 18 unspecified atom stereocenters. The Hall–Kier alpha value is -2.56. The molecule has 0 bridgehead atoms. The van der Waals surface area contributed by atoms with Crippen LogP contribution in [0.4, 0.5) is 0 Å². The Morgan fingerprint density at radius 3 is 1.16 bits per heavy atom. The van der Waals surface area contributed by atoms with E-state index >= 15 is 0 Å². The third kappa shape index (κ3) is 40.6. The summed E-state index contributed by atoms with van der Waals surface area (Å²) in [7, 11) is -5.72. The quantitative estimate of drug-likeness (QED) is 0.00673. The van der Waals surface area contributed by atoms with E-state index in [0.29, 0.717) is 12.8 Å². The molecule has 1 saturated carbocycles. The molecule has 0 spiro atoms. The second kappa shape index (κ2) is 58.5. The lowest BCUT2D eigenvalue weighted by Crippen LogP contribution is -2.69. The summed E-state index contributed by atoms with van der Waals surface area (Å²) in [5.41, 5.74) is 0. The minimum atomic E-state index is -5.72. The van der Waals surface area contributed by atoms with Gasteiger partial charge in [0.25, 0.3) is 0 Å². The van der Waals surface area contributed by atoms with Gasteiger partial charge in [-0.15, -0.1) is 0 Å². The number of hydrogen-bond acceptors (Lipinski definition) is 23. The summed E-state index contributed by atoms with van der Waals surface area (Å²) >= 11 is 0. The number of phosphoric ester groups is 1. The molecule has 0 aromatic rings. The third-order valence-electron chi connectivity index (χ3n) is 19.8. The topological polar surface area (TPSA) is 374 Å². The van der Waals surface area contributed by atoms with Crippen LogP contribution in [0.25, 0.3) is 0 Å². The third-order valence-corrected chi connectivity index (χ3v) is 20.8. The van der Waals surface area contributed by atoms with Gasteiger partial charge in [-0.25, -0.2) is 9.36 Å². The van der Waals surface area contributed by atoms with Gasteiger partial charge >= 0.3 is 25.7 Å². The molecule has 0 aromatic heterocycles. The fourth-order valence-corrected chi connectivity index (χ4v) is 14.3. The molecule has 2 aliphatic heterocycles. The molecule has 0 aromatic carbocycles. The fraction of sp³-hybridized carbons (Fsp3) is 0.909. The molecule has 25 heteroatoms. The van der Waals surface area contributed by atoms with Gasteiger partial charge in [0.05, 0.1) is 13.2 Å². The van der Waals surface area contributed by atoms with Crippen molar-refractivity contribution in [2.75, 3.05) is 26.4 Å². The molecule has 2 heterocycles. The van der Waals surface area contributed by atoms with Crippen LogP contribution in [-0.4, -0.2) is 204 Å². The minimum absolute atomic E-state index is 0.0293. The van der Waals surface area contributed by atoms with E-state index in [1.54, 1.807) is 6.08 Å². The molecule has 102 heavy (non-hydrogen) atoms. The van der Waals surface area contributed by atoms with Crippen LogP contribution >= 0.6 is 7.82 Å². The van der Waals surface area contributed by atoms with Crippen LogP contribution in [0.1, 0.15) is 316 Å². The van der Waals surface area contributed by atoms with E-state index in [0.717, 1.165) is 96.0 Å². The summed E-state index contributed by atoms with van der Waals surface area (Å²) in [6.07, 6.45) is 21.4. The molecule has 11 N–H and O–H groups in total. The summed E-state index contributed by atoms with van der Waals surface area (Å²) in [5, 5.41) is 110. The lowest BCUT2D eigenvalue weighted by molar-refractivity contribution is -0.360. The van der Waals surface area contributed by atoms with E-state index < -0.39 is 156 Å². The average molecular weight is 1480 g/mol. The molecule has 3 rings (SSSR count). The molecule has 18 atom stereocenters. The smallest absolute Gasteiger partial charge is 0.463 e. The number of carbonyl (C=O) groups is 3. The molecular formula is C77H141O24P. The maximum Gasteiger partial charge on any atom is 0.472 e. The summed E-state index contributed by atoms with van der Waals surface area (Å²) in [5.74, 6) is -2.23. The Kier molecular flexibility index (Phi) is 53.7. The van der Waals surface area contributed by atoms with Crippen molar-refractivity contribution in [1.82, 2.24) is 0 Å². The Bertz CT molecular complexity index is 2190. The number of ether oxygens (including phenoxy) is 7. The van der Waals surface area contributed by atoms with Gasteiger partial charge in [-0.2, -0.15) is 0 Å². The number of carbonyl (C=O) groups excluding carboxylic acids is 3. The second-order valence-corrected chi connectivity index (χ2v) is 30.3. The van der Waals surface area contributed by atoms with Crippen LogP contribution in [0.15, 0.2) is 24.3 Å². The standard InChI is InChI=1S/C77H141O24P/c1-4-7-10-13-16-19-22-25-28-29-32-35-38-41-44-47-50-53-63(81)96-58(55-93-61(79)51-48-45-42-39-36-33-30-26-23-20-17-14-11-8-5-2)56-95-102(91,92)101-75-73(99-76-71(89)66(84)64(82)59(54-78)97-76)69(87)68(86)70(88)74(75)100-77-72(90)67(85)65(83)60(98-77)57-94-62(80)52-49-46-43-40-37-34-31-27-24-21-18-15-12-9-6-3/h42,45,48,51,58-60,64-78,82-90H,4-41,43-44,46-47,49-50,52-57H2,1-3H3,(H,91,92)/b45-42+,51-48+. The van der Waals surface area contributed by atoms with Gasteiger partial charge in [-0.3, -0.25) is 18.6 Å². The van der Waals surface area contributed by atoms with Crippen LogP contribution < -0.4 is 0 Å².